The van der Waals surface area contributed by atoms with Gasteiger partial charge in [-0.2, -0.15) is 4.98 Å². The molecule has 0 spiro atoms. The van der Waals surface area contributed by atoms with Crippen LogP contribution in [0, 0.1) is 5.82 Å². The van der Waals surface area contributed by atoms with E-state index in [9.17, 15) is 4.39 Å². The predicted molar refractivity (Wildman–Crippen MR) is 79.7 cm³/mol. The normalized spacial score (nSPS) is 10.3. The highest BCUT2D eigenvalue weighted by Gasteiger charge is 2.00. The summed E-state index contributed by atoms with van der Waals surface area (Å²) >= 11 is 0. The average molecular weight is 274 g/mol. The fourth-order valence-electron chi connectivity index (χ4n) is 1.77. The lowest BCUT2D eigenvalue weighted by Crippen LogP contribution is -2.05. The average Bonchev–Trinajstić information content (AvgIpc) is 2.47. The topological polar surface area (TPSA) is 49.8 Å². The van der Waals surface area contributed by atoms with Gasteiger partial charge in [-0.25, -0.2) is 9.37 Å². The van der Waals surface area contributed by atoms with Crippen LogP contribution in [0.15, 0.2) is 36.5 Å². The smallest absolute Gasteiger partial charge is 0.229 e. The zero-order valence-corrected chi connectivity index (χ0v) is 11.6. The van der Waals surface area contributed by atoms with E-state index in [1.807, 2.05) is 6.07 Å². The van der Waals surface area contributed by atoms with Crippen LogP contribution < -0.4 is 10.6 Å². The maximum Gasteiger partial charge on any atom is 0.229 e. The molecule has 2 aromatic rings. The number of benzene rings is 1. The second kappa shape index (κ2) is 7.43. The van der Waals surface area contributed by atoms with Crippen molar-refractivity contribution in [2.75, 3.05) is 17.2 Å². The first kappa shape index (κ1) is 14.2. The van der Waals surface area contributed by atoms with Crippen LogP contribution in [0.2, 0.25) is 0 Å². The number of nitrogens with one attached hydrogen (secondary N) is 2. The van der Waals surface area contributed by atoms with Gasteiger partial charge in [0.1, 0.15) is 11.6 Å². The lowest BCUT2D eigenvalue weighted by molar-refractivity contribution is 0.628. The molecule has 0 amide bonds. The summed E-state index contributed by atoms with van der Waals surface area (Å²) in [5, 5.41) is 6.31. The van der Waals surface area contributed by atoms with Crippen molar-refractivity contribution >= 4 is 17.5 Å². The van der Waals surface area contributed by atoms with E-state index in [4.69, 9.17) is 0 Å². The Morgan fingerprint density at radius 3 is 2.65 bits per heavy atom. The third-order valence-corrected chi connectivity index (χ3v) is 2.84. The van der Waals surface area contributed by atoms with E-state index in [1.165, 1.54) is 25.0 Å². The molecule has 2 N–H and O–H groups in total. The van der Waals surface area contributed by atoms with Crippen molar-refractivity contribution in [3.05, 3.63) is 42.3 Å². The molecule has 0 bridgehead atoms. The lowest BCUT2D eigenvalue weighted by Gasteiger charge is -2.08. The molecule has 0 aliphatic rings. The molecule has 0 aliphatic heterocycles. The highest BCUT2D eigenvalue weighted by Crippen LogP contribution is 2.14. The maximum atomic E-state index is 12.8. The second-order valence-corrected chi connectivity index (χ2v) is 4.53. The Morgan fingerprint density at radius 2 is 1.90 bits per heavy atom. The van der Waals surface area contributed by atoms with Gasteiger partial charge >= 0.3 is 0 Å². The van der Waals surface area contributed by atoms with Gasteiger partial charge in [-0.05, 0) is 36.8 Å². The highest BCUT2D eigenvalue weighted by molar-refractivity contribution is 5.54. The SMILES string of the molecule is CCCCCNc1ccnc(Nc2ccc(F)cc2)n1. The molecule has 106 valence electrons. The monoisotopic (exact) mass is 274 g/mol. The number of unbranched alkanes of at least 4 members (excludes halogenated alkanes) is 2. The number of aromatic nitrogens is 2. The predicted octanol–water partition coefficient (Wildman–Crippen LogP) is 3.96. The van der Waals surface area contributed by atoms with Gasteiger partial charge in [0.25, 0.3) is 0 Å². The Morgan fingerprint density at radius 1 is 1.10 bits per heavy atom. The van der Waals surface area contributed by atoms with Gasteiger partial charge in [0.2, 0.25) is 5.95 Å². The molecule has 0 saturated carbocycles. The standard InChI is InChI=1S/C15H19FN4/c1-2-3-4-10-17-14-9-11-18-15(20-14)19-13-7-5-12(16)6-8-13/h5-9,11H,2-4,10H2,1H3,(H2,17,18,19,20). The van der Waals surface area contributed by atoms with Gasteiger partial charge in [-0.1, -0.05) is 19.8 Å². The third kappa shape index (κ3) is 4.50. The van der Waals surface area contributed by atoms with E-state index in [2.05, 4.69) is 27.5 Å². The van der Waals surface area contributed by atoms with Gasteiger partial charge in [-0.3, -0.25) is 0 Å². The van der Waals surface area contributed by atoms with Crippen LogP contribution in [0.1, 0.15) is 26.2 Å². The minimum Gasteiger partial charge on any atom is -0.370 e. The van der Waals surface area contributed by atoms with Crippen molar-refractivity contribution in [3.63, 3.8) is 0 Å². The van der Waals surface area contributed by atoms with Crippen molar-refractivity contribution < 1.29 is 4.39 Å². The Bertz CT molecular complexity index is 528. The molecule has 1 aromatic carbocycles. The molecular formula is C15H19FN4. The molecule has 5 heteroatoms. The van der Waals surface area contributed by atoms with Crippen molar-refractivity contribution in [3.8, 4) is 0 Å². The number of hydrogen-bond acceptors (Lipinski definition) is 4. The summed E-state index contributed by atoms with van der Waals surface area (Å²) in [7, 11) is 0. The first-order valence-electron chi connectivity index (χ1n) is 6.87. The molecular weight excluding hydrogens is 255 g/mol. The van der Waals surface area contributed by atoms with Crippen LogP contribution in [0.25, 0.3) is 0 Å². The Labute approximate surface area is 118 Å². The van der Waals surface area contributed by atoms with Crippen molar-refractivity contribution in [1.29, 1.82) is 0 Å². The molecule has 4 nitrogen and oxygen atoms in total. The van der Waals surface area contributed by atoms with Crippen LogP contribution in [-0.4, -0.2) is 16.5 Å². The van der Waals surface area contributed by atoms with Gasteiger partial charge in [0.05, 0.1) is 0 Å². The molecule has 0 unspecified atom stereocenters. The van der Waals surface area contributed by atoms with Crippen molar-refractivity contribution in [2.45, 2.75) is 26.2 Å². The van der Waals surface area contributed by atoms with Crippen LogP contribution in [-0.2, 0) is 0 Å². The fourth-order valence-corrected chi connectivity index (χ4v) is 1.77. The summed E-state index contributed by atoms with van der Waals surface area (Å²) in [6.45, 7) is 3.08. The van der Waals surface area contributed by atoms with Crippen LogP contribution in [0.5, 0.6) is 0 Å². The van der Waals surface area contributed by atoms with E-state index in [1.54, 1.807) is 18.3 Å². The molecule has 0 fully saturated rings. The summed E-state index contributed by atoms with van der Waals surface area (Å²) in [5.41, 5.74) is 0.759. The van der Waals surface area contributed by atoms with E-state index < -0.39 is 0 Å². The number of anilines is 3. The Balaban J connectivity index is 1.93. The lowest BCUT2D eigenvalue weighted by atomic mass is 10.2. The molecule has 1 aromatic heterocycles. The summed E-state index contributed by atoms with van der Waals surface area (Å²) in [6, 6.07) is 7.94. The quantitative estimate of drug-likeness (QED) is 0.750. The number of halogens is 1. The molecule has 20 heavy (non-hydrogen) atoms. The summed E-state index contributed by atoms with van der Waals surface area (Å²) in [6.07, 6.45) is 5.23. The van der Waals surface area contributed by atoms with Crippen LogP contribution >= 0.6 is 0 Å². The van der Waals surface area contributed by atoms with Gasteiger partial charge < -0.3 is 10.6 Å². The van der Waals surface area contributed by atoms with Gasteiger partial charge in [-0.15, -0.1) is 0 Å². The van der Waals surface area contributed by atoms with E-state index in [0.717, 1.165) is 24.5 Å². The summed E-state index contributed by atoms with van der Waals surface area (Å²) in [5.74, 6) is 1.03. The fraction of sp³-hybridized carbons (Fsp3) is 0.333. The van der Waals surface area contributed by atoms with Gasteiger partial charge in [0, 0.05) is 18.4 Å². The van der Waals surface area contributed by atoms with Crippen molar-refractivity contribution in [2.24, 2.45) is 0 Å². The van der Waals surface area contributed by atoms with Gasteiger partial charge in [0.15, 0.2) is 0 Å². The largest absolute Gasteiger partial charge is 0.370 e. The maximum absolute atomic E-state index is 12.8. The Hall–Kier alpha value is -2.17. The zero-order chi connectivity index (χ0) is 14.2. The molecule has 2 rings (SSSR count). The second-order valence-electron chi connectivity index (χ2n) is 4.53. The molecule has 1 heterocycles. The zero-order valence-electron chi connectivity index (χ0n) is 11.6. The van der Waals surface area contributed by atoms with Crippen LogP contribution in [0.4, 0.5) is 21.8 Å². The first-order chi connectivity index (χ1) is 9.78. The van der Waals surface area contributed by atoms with Crippen LogP contribution in [0.3, 0.4) is 0 Å². The van der Waals surface area contributed by atoms with E-state index >= 15 is 0 Å². The molecule has 0 saturated heterocycles. The minimum absolute atomic E-state index is 0.261. The van der Waals surface area contributed by atoms with Crippen molar-refractivity contribution in [1.82, 2.24) is 9.97 Å². The summed E-state index contributed by atoms with van der Waals surface area (Å²) < 4.78 is 12.8. The molecule has 0 atom stereocenters. The number of hydrogen-bond donors (Lipinski definition) is 2. The highest BCUT2D eigenvalue weighted by atomic mass is 19.1. The first-order valence-corrected chi connectivity index (χ1v) is 6.87. The summed E-state index contributed by atoms with van der Waals surface area (Å²) in [4.78, 5) is 8.51. The minimum atomic E-state index is -0.261. The molecule has 0 aliphatic carbocycles. The Kier molecular flexibility index (Phi) is 5.29. The van der Waals surface area contributed by atoms with E-state index in [0.29, 0.717) is 5.95 Å². The van der Waals surface area contributed by atoms with E-state index in [-0.39, 0.29) is 5.82 Å². The number of rotatable bonds is 7. The molecule has 0 radical (unpaired) electrons. The number of nitrogens with zero attached hydrogens (tertiary/aromatic N) is 2. The third-order valence-electron chi connectivity index (χ3n) is 2.84.